The number of hydrogen-bond acceptors (Lipinski definition) is 2. The van der Waals surface area contributed by atoms with Gasteiger partial charge in [-0.25, -0.2) is 0 Å². The van der Waals surface area contributed by atoms with Crippen molar-refractivity contribution in [3.8, 4) is 0 Å². The lowest BCUT2D eigenvalue weighted by atomic mass is 10.0. The smallest absolute Gasteiger partial charge is 0.254 e. The highest BCUT2D eigenvalue weighted by molar-refractivity contribution is 6.06. The summed E-state index contributed by atoms with van der Waals surface area (Å²) < 4.78 is 0. The summed E-state index contributed by atoms with van der Waals surface area (Å²) in [6.45, 7) is 4.79. The first-order chi connectivity index (χ1) is 9.81. The third-order valence-corrected chi connectivity index (χ3v) is 4.14. The standard InChI is InChI=1S/C16H21N3O/c1-2-19(12-5-4-9-17-11-12)16(20)14-6-3-7-15-13(14)8-10-18-15/h3,6-8,10,12,17-18H,2,4-5,9,11H2,1H3. The lowest BCUT2D eigenvalue weighted by Gasteiger charge is -2.34. The number of carbonyl (C=O) groups excluding carboxylic acids is 1. The molecule has 2 aromatic rings. The Morgan fingerprint density at radius 2 is 2.30 bits per heavy atom. The van der Waals surface area contributed by atoms with E-state index in [1.807, 2.05) is 35.4 Å². The van der Waals surface area contributed by atoms with E-state index in [1.165, 1.54) is 0 Å². The summed E-state index contributed by atoms with van der Waals surface area (Å²) in [4.78, 5) is 18.0. The van der Waals surface area contributed by atoms with Crippen LogP contribution in [0.15, 0.2) is 30.5 Å². The number of aromatic nitrogens is 1. The van der Waals surface area contributed by atoms with Crippen molar-refractivity contribution in [3.63, 3.8) is 0 Å². The van der Waals surface area contributed by atoms with E-state index in [2.05, 4.69) is 17.2 Å². The highest BCUT2D eigenvalue weighted by Gasteiger charge is 2.25. The highest BCUT2D eigenvalue weighted by Crippen LogP contribution is 2.21. The van der Waals surface area contributed by atoms with Crippen molar-refractivity contribution < 1.29 is 4.79 Å². The number of hydrogen-bond donors (Lipinski definition) is 2. The quantitative estimate of drug-likeness (QED) is 0.900. The Balaban J connectivity index is 1.91. The molecule has 1 aliphatic heterocycles. The first-order valence-electron chi connectivity index (χ1n) is 7.39. The summed E-state index contributed by atoms with van der Waals surface area (Å²) in [5.74, 6) is 0.145. The van der Waals surface area contributed by atoms with Crippen LogP contribution >= 0.6 is 0 Å². The molecular formula is C16H21N3O. The van der Waals surface area contributed by atoms with Crippen molar-refractivity contribution in [2.75, 3.05) is 19.6 Å². The second-order valence-electron chi connectivity index (χ2n) is 5.34. The monoisotopic (exact) mass is 271 g/mol. The zero-order valence-corrected chi connectivity index (χ0v) is 11.9. The summed E-state index contributed by atoms with van der Waals surface area (Å²) in [6, 6.07) is 8.17. The number of piperidine rings is 1. The Morgan fingerprint density at radius 3 is 3.05 bits per heavy atom. The third kappa shape index (κ3) is 2.31. The fourth-order valence-electron chi connectivity index (χ4n) is 3.09. The number of aromatic amines is 1. The number of amides is 1. The molecule has 3 rings (SSSR count). The van der Waals surface area contributed by atoms with Gasteiger partial charge in [-0.2, -0.15) is 0 Å². The zero-order chi connectivity index (χ0) is 13.9. The maximum Gasteiger partial charge on any atom is 0.254 e. The fraction of sp³-hybridized carbons (Fsp3) is 0.438. The second kappa shape index (κ2) is 5.67. The van der Waals surface area contributed by atoms with Crippen molar-refractivity contribution in [2.24, 2.45) is 0 Å². The van der Waals surface area contributed by atoms with Crippen molar-refractivity contribution in [3.05, 3.63) is 36.0 Å². The summed E-state index contributed by atoms with van der Waals surface area (Å²) in [5, 5.41) is 4.40. The molecule has 1 fully saturated rings. The van der Waals surface area contributed by atoms with Crippen molar-refractivity contribution in [2.45, 2.75) is 25.8 Å². The molecule has 0 saturated carbocycles. The van der Waals surface area contributed by atoms with E-state index < -0.39 is 0 Å². The average Bonchev–Trinajstić information content (AvgIpc) is 2.97. The van der Waals surface area contributed by atoms with Gasteiger partial charge in [0.25, 0.3) is 5.91 Å². The van der Waals surface area contributed by atoms with Crippen LogP contribution in [-0.2, 0) is 0 Å². The van der Waals surface area contributed by atoms with Gasteiger partial charge in [-0.05, 0) is 44.5 Å². The second-order valence-corrected chi connectivity index (χ2v) is 5.34. The number of likely N-dealkylation sites (N-methyl/N-ethyl adjacent to an activating group) is 1. The number of rotatable bonds is 3. The molecule has 1 atom stereocenters. The van der Waals surface area contributed by atoms with Crippen LogP contribution in [0.5, 0.6) is 0 Å². The van der Waals surface area contributed by atoms with E-state index in [9.17, 15) is 4.79 Å². The van der Waals surface area contributed by atoms with Crippen LogP contribution in [0, 0.1) is 0 Å². The van der Waals surface area contributed by atoms with Gasteiger partial charge in [0.15, 0.2) is 0 Å². The summed E-state index contributed by atoms with van der Waals surface area (Å²) in [5.41, 5.74) is 1.82. The topological polar surface area (TPSA) is 48.1 Å². The molecule has 106 valence electrons. The fourth-order valence-corrected chi connectivity index (χ4v) is 3.09. The van der Waals surface area contributed by atoms with E-state index >= 15 is 0 Å². The van der Waals surface area contributed by atoms with Gasteiger partial charge in [-0.3, -0.25) is 4.79 Å². The van der Waals surface area contributed by atoms with E-state index in [-0.39, 0.29) is 5.91 Å². The van der Waals surface area contributed by atoms with Gasteiger partial charge < -0.3 is 15.2 Å². The summed E-state index contributed by atoms with van der Waals surface area (Å²) in [6.07, 6.45) is 4.12. The molecule has 1 unspecified atom stereocenters. The Morgan fingerprint density at radius 1 is 1.40 bits per heavy atom. The number of carbonyl (C=O) groups is 1. The minimum absolute atomic E-state index is 0.145. The van der Waals surface area contributed by atoms with E-state index in [0.717, 1.165) is 48.9 Å². The number of nitrogens with one attached hydrogen (secondary N) is 2. The maximum atomic E-state index is 12.9. The minimum Gasteiger partial charge on any atom is -0.361 e. The number of fused-ring (bicyclic) bond motifs is 1. The molecule has 1 aliphatic rings. The van der Waals surface area contributed by atoms with Crippen LogP contribution in [0.25, 0.3) is 10.9 Å². The SMILES string of the molecule is CCN(C(=O)c1cccc2[nH]ccc12)C1CCCNC1. The largest absolute Gasteiger partial charge is 0.361 e. The molecule has 1 saturated heterocycles. The molecule has 0 aliphatic carbocycles. The number of H-pyrrole nitrogens is 1. The number of nitrogens with zero attached hydrogens (tertiary/aromatic N) is 1. The summed E-state index contributed by atoms with van der Waals surface area (Å²) in [7, 11) is 0. The zero-order valence-electron chi connectivity index (χ0n) is 11.9. The molecule has 0 radical (unpaired) electrons. The molecule has 0 spiro atoms. The van der Waals surface area contributed by atoms with Gasteiger partial charge in [0, 0.05) is 41.8 Å². The van der Waals surface area contributed by atoms with Gasteiger partial charge in [0.1, 0.15) is 0 Å². The molecule has 1 aromatic heterocycles. The van der Waals surface area contributed by atoms with Crippen LogP contribution in [0.4, 0.5) is 0 Å². The van der Waals surface area contributed by atoms with Crippen LogP contribution in [0.1, 0.15) is 30.1 Å². The van der Waals surface area contributed by atoms with Crippen LogP contribution < -0.4 is 5.32 Å². The lowest BCUT2D eigenvalue weighted by Crippen LogP contribution is -2.48. The minimum atomic E-state index is 0.145. The predicted octanol–water partition coefficient (Wildman–Crippen LogP) is 2.38. The average molecular weight is 271 g/mol. The molecule has 4 nitrogen and oxygen atoms in total. The van der Waals surface area contributed by atoms with Gasteiger partial charge in [-0.15, -0.1) is 0 Å². The Labute approximate surface area is 119 Å². The van der Waals surface area contributed by atoms with Crippen LogP contribution in [-0.4, -0.2) is 41.5 Å². The summed E-state index contributed by atoms with van der Waals surface area (Å²) >= 11 is 0. The lowest BCUT2D eigenvalue weighted by molar-refractivity contribution is 0.0664. The maximum absolute atomic E-state index is 12.9. The molecule has 0 bridgehead atoms. The number of benzene rings is 1. The molecular weight excluding hydrogens is 250 g/mol. The normalized spacial score (nSPS) is 19.1. The first kappa shape index (κ1) is 13.2. The van der Waals surface area contributed by atoms with Crippen LogP contribution in [0.2, 0.25) is 0 Å². The van der Waals surface area contributed by atoms with Gasteiger partial charge in [0.05, 0.1) is 0 Å². The highest BCUT2D eigenvalue weighted by atomic mass is 16.2. The third-order valence-electron chi connectivity index (χ3n) is 4.14. The Hall–Kier alpha value is -1.81. The van der Waals surface area contributed by atoms with Crippen molar-refractivity contribution in [1.82, 2.24) is 15.2 Å². The molecule has 4 heteroatoms. The predicted molar refractivity (Wildman–Crippen MR) is 80.9 cm³/mol. The van der Waals surface area contributed by atoms with Crippen molar-refractivity contribution >= 4 is 16.8 Å². The van der Waals surface area contributed by atoms with Crippen molar-refractivity contribution in [1.29, 1.82) is 0 Å². The molecule has 20 heavy (non-hydrogen) atoms. The molecule has 2 heterocycles. The van der Waals surface area contributed by atoms with E-state index in [4.69, 9.17) is 0 Å². The van der Waals surface area contributed by atoms with E-state index in [1.54, 1.807) is 0 Å². The van der Waals surface area contributed by atoms with Gasteiger partial charge in [0.2, 0.25) is 0 Å². The molecule has 2 N–H and O–H groups in total. The van der Waals surface area contributed by atoms with Gasteiger partial charge in [-0.1, -0.05) is 6.07 Å². The Kier molecular flexibility index (Phi) is 3.74. The van der Waals surface area contributed by atoms with Gasteiger partial charge >= 0.3 is 0 Å². The van der Waals surface area contributed by atoms with E-state index in [0.29, 0.717) is 6.04 Å². The Bertz CT molecular complexity index is 599. The molecule has 1 amide bonds. The van der Waals surface area contributed by atoms with Crippen LogP contribution in [0.3, 0.4) is 0 Å². The molecule has 1 aromatic carbocycles. The first-order valence-corrected chi connectivity index (χ1v) is 7.39.